The Morgan fingerprint density at radius 2 is 2.09 bits per heavy atom. The van der Waals surface area contributed by atoms with Gasteiger partial charge in [0.1, 0.15) is 0 Å². The molecule has 1 aromatic carbocycles. The highest BCUT2D eigenvalue weighted by Gasteiger charge is 1.94. The van der Waals surface area contributed by atoms with E-state index < -0.39 is 0 Å². The Balaban J connectivity index is 0.000001000. The summed E-state index contributed by atoms with van der Waals surface area (Å²) >= 11 is 3.32. The van der Waals surface area contributed by atoms with Gasteiger partial charge in [-0.05, 0) is 18.2 Å². The summed E-state index contributed by atoms with van der Waals surface area (Å²) < 4.78 is 1.00. The molecule has 0 aromatic heterocycles. The van der Waals surface area contributed by atoms with Gasteiger partial charge in [-0.1, -0.05) is 15.9 Å². The van der Waals surface area contributed by atoms with Crippen molar-refractivity contribution >= 4 is 39.7 Å². The van der Waals surface area contributed by atoms with E-state index in [9.17, 15) is 0 Å². The number of hydrogen-bond acceptors (Lipinski definition) is 2. The normalized spacial score (nSPS) is 8.55. The number of rotatable bonds is 1. The second-order valence-corrected chi connectivity index (χ2v) is 2.90. The van der Waals surface area contributed by atoms with Gasteiger partial charge in [0.05, 0.1) is 11.4 Å². The van der Waals surface area contributed by atoms with E-state index in [0.29, 0.717) is 0 Å². The second-order valence-electron chi connectivity index (χ2n) is 1.98. The minimum atomic E-state index is 0. The molecule has 0 spiro atoms. The van der Waals surface area contributed by atoms with Crippen LogP contribution in [0.15, 0.2) is 22.7 Å². The van der Waals surface area contributed by atoms with Crippen molar-refractivity contribution in [1.29, 1.82) is 0 Å². The van der Waals surface area contributed by atoms with Crippen LogP contribution in [0.2, 0.25) is 0 Å². The number of nitrogens with two attached hydrogens (primary N) is 1. The maximum atomic E-state index is 5.64. The van der Waals surface area contributed by atoms with Gasteiger partial charge < -0.3 is 11.1 Å². The molecule has 0 heterocycles. The zero-order valence-corrected chi connectivity index (χ0v) is 8.50. The SMILES string of the molecule is CNc1ccc(Br)cc1N.Cl. The lowest BCUT2D eigenvalue weighted by molar-refractivity contribution is 1.50. The summed E-state index contributed by atoms with van der Waals surface area (Å²) in [5, 5.41) is 2.98. The molecule has 1 rings (SSSR count). The number of halogens is 2. The van der Waals surface area contributed by atoms with Crippen molar-refractivity contribution in [2.75, 3.05) is 18.1 Å². The molecule has 0 saturated heterocycles. The molecule has 0 radical (unpaired) electrons. The maximum Gasteiger partial charge on any atom is 0.0572 e. The maximum absolute atomic E-state index is 5.64. The number of benzene rings is 1. The van der Waals surface area contributed by atoms with Gasteiger partial charge >= 0.3 is 0 Å². The summed E-state index contributed by atoms with van der Waals surface area (Å²) in [5.41, 5.74) is 7.36. The zero-order valence-electron chi connectivity index (χ0n) is 6.10. The van der Waals surface area contributed by atoms with Crippen molar-refractivity contribution in [3.05, 3.63) is 22.7 Å². The highest BCUT2D eigenvalue weighted by Crippen LogP contribution is 2.21. The summed E-state index contributed by atoms with van der Waals surface area (Å²) in [5.74, 6) is 0. The van der Waals surface area contributed by atoms with Crippen molar-refractivity contribution in [1.82, 2.24) is 0 Å². The van der Waals surface area contributed by atoms with Crippen LogP contribution >= 0.6 is 28.3 Å². The first-order valence-electron chi connectivity index (χ1n) is 2.97. The average molecular weight is 238 g/mol. The minimum Gasteiger partial charge on any atom is -0.397 e. The zero-order chi connectivity index (χ0) is 7.56. The lowest BCUT2D eigenvalue weighted by Gasteiger charge is -2.03. The van der Waals surface area contributed by atoms with Crippen LogP contribution in [0.3, 0.4) is 0 Å². The van der Waals surface area contributed by atoms with Gasteiger partial charge in [0.2, 0.25) is 0 Å². The first kappa shape index (κ1) is 10.6. The highest BCUT2D eigenvalue weighted by molar-refractivity contribution is 9.10. The van der Waals surface area contributed by atoms with E-state index in [0.717, 1.165) is 15.8 Å². The van der Waals surface area contributed by atoms with Crippen LogP contribution in [-0.4, -0.2) is 7.05 Å². The summed E-state index contributed by atoms with van der Waals surface area (Å²) in [6.07, 6.45) is 0. The van der Waals surface area contributed by atoms with Gasteiger partial charge in [-0.3, -0.25) is 0 Å². The molecule has 1 aromatic rings. The van der Waals surface area contributed by atoms with Crippen molar-refractivity contribution in [3.63, 3.8) is 0 Å². The molecule has 3 N–H and O–H groups in total. The van der Waals surface area contributed by atoms with E-state index in [1.807, 2.05) is 25.2 Å². The quantitative estimate of drug-likeness (QED) is 0.737. The van der Waals surface area contributed by atoms with E-state index in [-0.39, 0.29) is 12.4 Å². The molecule has 0 unspecified atom stereocenters. The predicted octanol–water partition coefficient (Wildman–Crippen LogP) is 2.49. The van der Waals surface area contributed by atoms with Crippen LogP contribution in [0, 0.1) is 0 Å². The number of nitrogen functional groups attached to an aromatic ring is 1. The molecular weight excluding hydrogens is 227 g/mol. The highest BCUT2D eigenvalue weighted by atomic mass is 79.9. The van der Waals surface area contributed by atoms with Crippen molar-refractivity contribution in [2.45, 2.75) is 0 Å². The van der Waals surface area contributed by atoms with Crippen molar-refractivity contribution in [2.24, 2.45) is 0 Å². The lowest BCUT2D eigenvalue weighted by atomic mass is 10.3. The third-order valence-corrected chi connectivity index (χ3v) is 1.78. The van der Waals surface area contributed by atoms with E-state index in [4.69, 9.17) is 5.73 Å². The molecule has 0 amide bonds. The van der Waals surface area contributed by atoms with Crippen LogP contribution in [-0.2, 0) is 0 Å². The van der Waals surface area contributed by atoms with Crippen LogP contribution in [0.5, 0.6) is 0 Å². The van der Waals surface area contributed by atoms with Gasteiger partial charge in [-0.15, -0.1) is 12.4 Å². The second kappa shape index (κ2) is 4.46. The first-order chi connectivity index (χ1) is 4.74. The number of nitrogens with one attached hydrogen (secondary N) is 1. The van der Waals surface area contributed by atoms with E-state index in [1.165, 1.54) is 0 Å². The summed E-state index contributed by atoms with van der Waals surface area (Å²) in [6.45, 7) is 0. The van der Waals surface area contributed by atoms with E-state index >= 15 is 0 Å². The third-order valence-electron chi connectivity index (χ3n) is 1.28. The van der Waals surface area contributed by atoms with Crippen LogP contribution in [0.4, 0.5) is 11.4 Å². The molecule has 62 valence electrons. The fourth-order valence-corrected chi connectivity index (χ4v) is 1.14. The van der Waals surface area contributed by atoms with Crippen molar-refractivity contribution < 1.29 is 0 Å². The fourth-order valence-electron chi connectivity index (χ4n) is 0.761. The Hall–Kier alpha value is -0.410. The monoisotopic (exact) mass is 236 g/mol. The smallest absolute Gasteiger partial charge is 0.0572 e. The molecule has 0 aliphatic rings. The summed E-state index contributed by atoms with van der Waals surface area (Å²) in [4.78, 5) is 0. The van der Waals surface area contributed by atoms with Crippen LogP contribution in [0.1, 0.15) is 0 Å². The Labute approximate surface area is 80.7 Å². The molecular formula is C7H10BrClN2. The van der Waals surface area contributed by atoms with Gasteiger partial charge in [0.15, 0.2) is 0 Å². The minimum absolute atomic E-state index is 0. The summed E-state index contributed by atoms with van der Waals surface area (Å²) in [6, 6.07) is 5.74. The lowest BCUT2D eigenvalue weighted by Crippen LogP contribution is -1.94. The molecule has 2 nitrogen and oxygen atoms in total. The predicted molar refractivity (Wildman–Crippen MR) is 55.3 cm³/mol. The largest absolute Gasteiger partial charge is 0.397 e. The molecule has 0 bridgehead atoms. The Kier molecular flexibility index (Phi) is 4.30. The molecule has 0 saturated carbocycles. The van der Waals surface area contributed by atoms with Gasteiger partial charge in [0, 0.05) is 11.5 Å². The van der Waals surface area contributed by atoms with Crippen LogP contribution < -0.4 is 11.1 Å². The van der Waals surface area contributed by atoms with Gasteiger partial charge in [-0.2, -0.15) is 0 Å². The molecule has 0 aliphatic heterocycles. The molecule has 0 fully saturated rings. The Morgan fingerprint density at radius 3 is 2.55 bits per heavy atom. The Morgan fingerprint density at radius 1 is 1.45 bits per heavy atom. The van der Waals surface area contributed by atoms with E-state index in [2.05, 4.69) is 21.2 Å². The molecule has 0 atom stereocenters. The summed E-state index contributed by atoms with van der Waals surface area (Å²) in [7, 11) is 1.85. The van der Waals surface area contributed by atoms with Gasteiger partial charge in [0.25, 0.3) is 0 Å². The number of anilines is 2. The third kappa shape index (κ3) is 2.60. The van der Waals surface area contributed by atoms with E-state index in [1.54, 1.807) is 0 Å². The number of hydrogen-bond donors (Lipinski definition) is 2. The first-order valence-corrected chi connectivity index (χ1v) is 3.76. The molecule has 0 aliphatic carbocycles. The fraction of sp³-hybridized carbons (Fsp3) is 0.143. The standard InChI is InChI=1S/C7H9BrN2.ClH/c1-10-7-3-2-5(8)4-6(7)9;/h2-4,10H,9H2,1H3;1H. The topological polar surface area (TPSA) is 38.0 Å². The molecule has 4 heteroatoms. The van der Waals surface area contributed by atoms with Gasteiger partial charge in [-0.25, -0.2) is 0 Å². The average Bonchev–Trinajstić information content (AvgIpc) is 1.88. The Bertz CT molecular complexity index is 240. The van der Waals surface area contributed by atoms with Crippen LogP contribution in [0.25, 0.3) is 0 Å². The molecule has 11 heavy (non-hydrogen) atoms. The van der Waals surface area contributed by atoms with Crippen molar-refractivity contribution in [3.8, 4) is 0 Å².